The predicted octanol–water partition coefficient (Wildman–Crippen LogP) is 3.67. The summed E-state index contributed by atoms with van der Waals surface area (Å²) in [7, 11) is 0. The zero-order valence-corrected chi connectivity index (χ0v) is 13.6. The van der Waals surface area contributed by atoms with E-state index in [1.54, 1.807) is 6.92 Å². The van der Waals surface area contributed by atoms with Crippen LogP contribution in [0.1, 0.15) is 40.6 Å². The highest BCUT2D eigenvalue weighted by atomic mass is 32.1. The maximum Gasteiger partial charge on any atom is 0.394 e. The molecule has 1 amide bonds. The maximum atomic E-state index is 12.9. The predicted molar refractivity (Wildman–Crippen MR) is 77.9 cm³/mol. The number of carbonyl (C=O) groups is 1. The lowest BCUT2D eigenvalue weighted by molar-refractivity contribution is -0.156. The van der Waals surface area contributed by atoms with Gasteiger partial charge in [-0.1, -0.05) is 13.8 Å². The molecule has 7 heteroatoms. The Morgan fingerprint density at radius 3 is 2.68 bits per heavy atom. The minimum Gasteiger partial charge on any atom is -0.334 e. The summed E-state index contributed by atoms with van der Waals surface area (Å²) in [6.45, 7) is 6.33. The van der Waals surface area contributed by atoms with Crippen molar-refractivity contribution in [2.24, 2.45) is 17.8 Å². The van der Waals surface area contributed by atoms with Gasteiger partial charge in [-0.05, 0) is 25.2 Å². The first-order valence-corrected chi connectivity index (χ1v) is 8.35. The van der Waals surface area contributed by atoms with E-state index >= 15 is 0 Å². The van der Waals surface area contributed by atoms with Crippen LogP contribution < -0.4 is 0 Å². The second kappa shape index (κ2) is 5.22. The van der Waals surface area contributed by atoms with Gasteiger partial charge in [0.05, 0.1) is 16.6 Å². The van der Waals surface area contributed by atoms with E-state index in [0.717, 1.165) is 11.4 Å². The minimum absolute atomic E-state index is 0.274. The molecular weight excluding hydrogens is 313 g/mol. The number of amides is 1. The number of nitrogens with zero attached hydrogens (tertiary/aromatic N) is 2. The van der Waals surface area contributed by atoms with Crippen LogP contribution in [0.3, 0.4) is 0 Å². The Morgan fingerprint density at radius 1 is 1.45 bits per heavy atom. The van der Waals surface area contributed by atoms with Gasteiger partial charge in [-0.25, -0.2) is 4.98 Å². The maximum absolute atomic E-state index is 12.9. The number of alkyl halides is 3. The van der Waals surface area contributed by atoms with E-state index in [1.807, 2.05) is 0 Å². The fourth-order valence-corrected chi connectivity index (χ4v) is 4.69. The first-order valence-electron chi connectivity index (χ1n) is 7.54. The number of aryl methyl sites for hydroxylation is 1. The largest absolute Gasteiger partial charge is 0.394 e. The Bertz CT molecular complexity index is 596. The third kappa shape index (κ3) is 2.64. The molecule has 3 unspecified atom stereocenters. The Morgan fingerprint density at radius 2 is 2.14 bits per heavy atom. The van der Waals surface area contributed by atoms with E-state index in [2.05, 4.69) is 18.8 Å². The highest BCUT2D eigenvalue weighted by Crippen LogP contribution is 2.58. The summed E-state index contributed by atoms with van der Waals surface area (Å²) in [4.78, 5) is 18.9. The van der Waals surface area contributed by atoms with Crippen molar-refractivity contribution in [1.29, 1.82) is 0 Å². The summed E-state index contributed by atoms with van der Waals surface area (Å²) in [6, 6.07) is -0.650. The number of hydrogen-bond acceptors (Lipinski definition) is 3. The van der Waals surface area contributed by atoms with Gasteiger partial charge in [0.2, 0.25) is 0 Å². The molecule has 1 saturated carbocycles. The molecule has 122 valence electrons. The Hall–Kier alpha value is -1.11. The number of rotatable bonds is 3. The Labute approximate surface area is 131 Å². The molecule has 2 fully saturated rings. The zero-order valence-electron chi connectivity index (χ0n) is 12.8. The van der Waals surface area contributed by atoms with Gasteiger partial charge in [-0.2, -0.15) is 13.2 Å². The SMILES string of the molecule is Cc1nc(CC(C)C)sc1C(=O)N1CCC2C1C2C(F)(F)F. The molecule has 1 aromatic rings. The molecule has 1 aromatic heterocycles. The molecule has 2 heterocycles. The van der Waals surface area contributed by atoms with E-state index in [9.17, 15) is 18.0 Å². The van der Waals surface area contributed by atoms with Crippen LogP contribution in [0.5, 0.6) is 0 Å². The second-order valence-electron chi connectivity index (χ2n) is 6.63. The molecule has 3 nitrogen and oxygen atoms in total. The van der Waals surface area contributed by atoms with E-state index < -0.39 is 24.1 Å². The van der Waals surface area contributed by atoms with E-state index in [-0.39, 0.29) is 5.91 Å². The van der Waals surface area contributed by atoms with Crippen LogP contribution >= 0.6 is 11.3 Å². The zero-order chi connectivity index (χ0) is 16.2. The number of fused-ring (bicyclic) bond motifs is 1. The number of carbonyl (C=O) groups excluding carboxylic acids is 1. The molecule has 0 bridgehead atoms. The third-order valence-electron chi connectivity index (χ3n) is 4.45. The standard InChI is InChI=1S/C15H19F3N2OS/c1-7(2)6-10-19-8(3)13(22-10)14(21)20-5-4-9-11(12(9)20)15(16,17)18/h7,9,11-12H,4-6H2,1-3H3. The topological polar surface area (TPSA) is 33.2 Å². The van der Waals surface area contributed by atoms with Crippen molar-refractivity contribution >= 4 is 17.2 Å². The average molecular weight is 332 g/mol. The smallest absolute Gasteiger partial charge is 0.334 e. The lowest BCUT2D eigenvalue weighted by Gasteiger charge is -2.20. The molecule has 1 saturated heterocycles. The van der Waals surface area contributed by atoms with Crippen LogP contribution in [0.2, 0.25) is 0 Å². The molecular formula is C15H19F3N2OS. The van der Waals surface area contributed by atoms with Crippen molar-refractivity contribution in [3.05, 3.63) is 15.6 Å². The first kappa shape index (κ1) is 15.8. The Kier molecular flexibility index (Phi) is 3.74. The monoisotopic (exact) mass is 332 g/mol. The van der Waals surface area contributed by atoms with Crippen LogP contribution in [0, 0.1) is 24.7 Å². The van der Waals surface area contributed by atoms with Gasteiger partial charge >= 0.3 is 6.18 Å². The molecule has 22 heavy (non-hydrogen) atoms. The lowest BCUT2D eigenvalue weighted by atomic mass is 10.1. The van der Waals surface area contributed by atoms with E-state index in [4.69, 9.17) is 0 Å². The van der Waals surface area contributed by atoms with E-state index in [0.29, 0.717) is 29.5 Å². The van der Waals surface area contributed by atoms with Crippen molar-refractivity contribution in [2.45, 2.75) is 45.8 Å². The van der Waals surface area contributed by atoms with Crippen LogP contribution in [0.15, 0.2) is 0 Å². The quantitative estimate of drug-likeness (QED) is 0.846. The third-order valence-corrected chi connectivity index (χ3v) is 5.61. The highest BCUT2D eigenvalue weighted by molar-refractivity contribution is 7.13. The summed E-state index contributed by atoms with van der Waals surface area (Å²) in [5.41, 5.74) is 0.637. The number of likely N-dealkylation sites (tertiary alicyclic amines) is 1. The molecule has 0 radical (unpaired) electrons. The van der Waals surface area contributed by atoms with Gasteiger partial charge in [0.1, 0.15) is 4.88 Å². The molecule has 3 atom stereocenters. The fourth-order valence-electron chi connectivity index (χ4n) is 3.46. The van der Waals surface area contributed by atoms with Crippen LogP contribution in [-0.2, 0) is 6.42 Å². The summed E-state index contributed by atoms with van der Waals surface area (Å²) in [6.07, 6.45) is -2.95. The van der Waals surface area contributed by atoms with Crippen molar-refractivity contribution in [3.8, 4) is 0 Å². The molecule has 2 aliphatic rings. The second-order valence-corrected chi connectivity index (χ2v) is 7.71. The first-order chi connectivity index (χ1) is 10.2. The summed E-state index contributed by atoms with van der Waals surface area (Å²) < 4.78 is 38.6. The van der Waals surface area contributed by atoms with Gasteiger partial charge in [-0.3, -0.25) is 4.79 Å². The summed E-state index contributed by atoms with van der Waals surface area (Å²) in [5, 5.41) is 0.884. The van der Waals surface area contributed by atoms with Gasteiger partial charge in [0.15, 0.2) is 0 Å². The van der Waals surface area contributed by atoms with Crippen LogP contribution in [-0.4, -0.2) is 34.6 Å². The van der Waals surface area contributed by atoms with E-state index in [1.165, 1.54) is 16.2 Å². The fraction of sp³-hybridized carbons (Fsp3) is 0.733. The lowest BCUT2D eigenvalue weighted by Crippen LogP contribution is -2.35. The number of halogens is 3. The van der Waals surface area contributed by atoms with Crippen molar-refractivity contribution in [1.82, 2.24) is 9.88 Å². The Balaban J connectivity index is 1.77. The van der Waals surface area contributed by atoms with Gasteiger partial charge in [0.25, 0.3) is 5.91 Å². The summed E-state index contributed by atoms with van der Waals surface area (Å²) in [5.74, 6) is -1.56. The minimum atomic E-state index is -4.19. The molecule has 1 aliphatic heterocycles. The van der Waals surface area contributed by atoms with Crippen molar-refractivity contribution in [3.63, 3.8) is 0 Å². The molecule has 0 aromatic carbocycles. The molecule has 3 rings (SSSR count). The number of piperidine rings is 1. The number of aromatic nitrogens is 1. The van der Waals surface area contributed by atoms with Gasteiger partial charge in [-0.15, -0.1) is 11.3 Å². The molecule has 0 N–H and O–H groups in total. The highest BCUT2D eigenvalue weighted by Gasteiger charge is 2.69. The van der Waals surface area contributed by atoms with Gasteiger partial charge in [0, 0.05) is 19.0 Å². The summed E-state index contributed by atoms with van der Waals surface area (Å²) >= 11 is 1.33. The van der Waals surface area contributed by atoms with Crippen molar-refractivity contribution < 1.29 is 18.0 Å². The molecule has 0 spiro atoms. The number of hydrogen-bond donors (Lipinski definition) is 0. The normalized spacial score (nSPS) is 27.4. The van der Waals surface area contributed by atoms with Crippen molar-refractivity contribution in [2.75, 3.05) is 6.54 Å². The molecule has 1 aliphatic carbocycles. The average Bonchev–Trinajstić information content (AvgIpc) is 2.77. The van der Waals surface area contributed by atoms with Crippen LogP contribution in [0.25, 0.3) is 0 Å². The number of thiazole rings is 1. The van der Waals surface area contributed by atoms with Gasteiger partial charge < -0.3 is 4.90 Å². The van der Waals surface area contributed by atoms with Crippen LogP contribution in [0.4, 0.5) is 13.2 Å².